The number of hydrogen-bond acceptors (Lipinski definition) is 2. The molecule has 1 heterocycles. The molecule has 0 bridgehead atoms. The summed E-state index contributed by atoms with van der Waals surface area (Å²) in [5.41, 5.74) is 0.910. The molecule has 1 fully saturated rings. The molecule has 2 N–H and O–H groups in total. The average molecular weight is 295 g/mol. The fourth-order valence-electron chi connectivity index (χ4n) is 2.64. The van der Waals surface area contributed by atoms with Crippen LogP contribution in [0.2, 0.25) is 5.02 Å². The molecule has 20 heavy (non-hydrogen) atoms. The summed E-state index contributed by atoms with van der Waals surface area (Å²) in [5, 5.41) is 7.13. The number of rotatable bonds is 4. The Kier molecular flexibility index (Phi) is 5.06. The van der Waals surface area contributed by atoms with Crippen LogP contribution in [-0.2, 0) is 10.2 Å². The Bertz CT molecular complexity index is 467. The molecule has 0 spiro atoms. The first-order chi connectivity index (χ1) is 9.50. The van der Waals surface area contributed by atoms with Crippen LogP contribution in [-0.4, -0.2) is 25.5 Å². The van der Waals surface area contributed by atoms with Crippen LogP contribution in [0.15, 0.2) is 24.3 Å². The molecular formula is C16H23ClN2O. The van der Waals surface area contributed by atoms with E-state index in [1.165, 1.54) is 0 Å². The summed E-state index contributed by atoms with van der Waals surface area (Å²) in [7, 11) is 0. The zero-order valence-electron chi connectivity index (χ0n) is 12.2. The minimum Gasteiger partial charge on any atom is -0.355 e. The molecule has 4 heteroatoms. The lowest BCUT2D eigenvalue weighted by Gasteiger charge is -2.28. The predicted molar refractivity (Wildman–Crippen MR) is 83.1 cm³/mol. The molecule has 1 aliphatic heterocycles. The number of amides is 1. The molecule has 0 aliphatic carbocycles. The second kappa shape index (κ2) is 6.59. The van der Waals surface area contributed by atoms with Crippen LogP contribution in [0.25, 0.3) is 0 Å². The molecule has 1 aliphatic rings. The smallest absolute Gasteiger partial charge is 0.223 e. The first-order valence-corrected chi connectivity index (χ1v) is 7.62. The fourth-order valence-corrected chi connectivity index (χ4v) is 3.03. The van der Waals surface area contributed by atoms with Gasteiger partial charge in [-0.3, -0.25) is 4.79 Å². The minimum absolute atomic E-state index is 0.151. The number of benzene rings is 1. The van der Waals surface area contributed by atoms with Gasteiger partial charge in [0.1, 0.15) is 0 Å². The zero-order chi connectivity index (χ0) is 14.6. The second-order valence-corrected chi connectivity index (χ2v) is 6.51. The molecule has 1 amide bonds. The predicted octanol–water partition coefficient (Wildman–Crippen LogP) is 2.73. The third-order valence-electron chi connectivity index (χ3n) is 4.02. The minimum atomic E-state index is -0.166. The summed E-state index contributed by atoms with van der Waals surface area (Å²) in [6.45, 7) is 6.70. The van der Waals surface area contributed by atoms with E-state index in [1.54, 1.807) is 0 Å². The topological polar surface area (TPSA) is 41.1 Å². The van der Waals surface area contributed by atoms with Gasteiger partial charge in [-0.15, -0.1) is 0 Å². The van der Waals surface area contributed by atoms with Gasteiger partial charge in [-0.2, -0.15) is 0 Å². The monoisotopic (exact) mass is 294 g/mol. The largest absolute Gasteiger partial charge is 0.355 e. The zero-order valence-corrected chi connectivity index (χ0v) is 13.0. The maximum Gasteiger partial charge on any atom is 0.223 e. The van der Waals surface area contributed by atoms with Crippen molar-refractivity contribution in [2.75, 3.05) is 19.6 Å². The third-order valence-corrected chi connectivity index (χ3v) is 4.35. The number of carbonyl (C=O) groups is 1. The maximum absolute atomic E-state index is 12.2. The fraction of sp³-hybridized carbons (Fsp3) is 0.562. The summed E-state index contributed by atoms with van der Waals surface area (Å²) >= 11 is 6.25. The van der Waals surface area contributed by atoms with Gasteiger partial charge in [0.2, 0.25) is 5.91 Å². The number of piperidine rings is 1. The molecule has 1 aromatic carbocycles. The Morgan fingerprint density at radius 1 is 1.35 bits per heavy atom. The van der Waals surface area contributed by atoms with E-state index in [4.69, 9.17) is 11.6 Å². The van der Waals surface area contributed by atoms with E-state index in [0.29, 0.717) is 6.54 Å². The molecule has 1 aromatic rings. The molecule has 1 saturated heterocycles. The van der Waals surface area contributed by atoms with Gasteiger partial charge in [-0.05, 0) is 37.6 Å². The molecule has 110 valence electrons. The Balaban J connectivity index is 1.95. The highest BCUT2D eigenvalue weighted by atomic mass is 35.5. The van der Waals surface area contributed by atoms with Crippen LogP contribution in [0.5, 0.6) is 0 Å². The van der Waals surface area contributed by atoms with E-state index in [1.807, 2.05) is 24.3 Å². The van der Waals surface area contributed by atoms with Crippen LogP contribution in [0.3, 0.4) is 0 Å². The quantitative estimate of drug-likeness (QED) is 0.896. The van der Waals surface area contributed by atoms with Crippen LogP contribution in [0.1, 0.15) is 32.3 Å². The average Bonchev–Trinajstić information content (AvgIpc) is 2.46. The lowest BCUT2D eigenvalue weighted by atomic mass is 9.84. The van der Waals surface area contributed by atoms with Crippen LogP contribution in [0.4, 0.5) is 0 Å². The molecule has 0 saturated carbocycles. The van der Waals surface area contributed by atoms with Gasteiger partial charge >= 0.3 is 0 Å². The van der Waals surface area contributed by atoms with Gasteiger partial charge in [0.25, 0.3) is 0 Å². The summed E-state index contributed by atoms with van der Waals surface area (Å²) in [6, 6.07) is 7.83. The van der Waals surface area contributed by atoms with E-state index >= 15 is 0 Å². The summed E-state index contributed by atoms with van der Waals surface area (Å²) in [5.74, 6) is 0.324. The lowest BCUT2D eigenvalue weighted by Crippen LogP contribution is -2.42. The molecular weight excluding hydrogens is 272 g/mol. The van der Waals surface area contributed by atoms with Crippen molar-refractivity contribution in [2.24, 2.45) is 5.92 Å². The Labute approximate surface area is 126 Å². The van der Waals surface area contributed by atoms with Crippen LogP contribution in [0, 0.1) is 5.92 Å². The van der Waals surface area contributed by atoms with Gasteiger partial charge in [0, 0.05) is 22.9 Å². The van der Waals surface area contributed by atoms with Gasteiger partial charge in [-0.1, -0.05) is 43.6 Å². The molecule has 0 radical (unpaired) electrons. The number of carbonyl (C=O) groups excluding carboxylic acids is 1. The molecule has 3 nitrogen and oxygen atoms in total. The van der Waals surface area contributed by atoms with E-state index in [2.05, 4.69) is 24.5 Å². The standard InChI is InChI=1S/C16H23ClN2O/c1-16(2,13-5-3-4-6-14(13)17)11-19-15(20)12-7-9-18-10-8-12/h3-6,12,18H,7-11H2,1-2H3,(H,19,20). The van der Waals surface area contributed by atoms with Gasteiger partial charge in [0.05, 0.1) is 0 Å². The van der Waals surface area contributed by atoms with E-state index in [-0.39, 0.29) is 17.2 Å². The van der Waals surface area contributed by atoms with Crippen molar-refractivity contribution in [2.45, 2.75) is 32.1 Å². The number of nitrogens with one attached hydrogen (secondary N) is 2. The summed E-state index contributed by atoms with van der Waals surface area (Å²) < 4.78 is 0. The van der Waals surface area contributed by atoms with Crippen molar-refractivity contribution >= 4 is 17.5 Å². The molecule has 0 aromatic heterocycles. The van der Waals surface area contributed by atoms with E-state index in [9.17, 15) is 4.79 Å². The first kappa shape index (κ1) is 15.3. The summed E-state index contributed by atoms with van der Waals surface area (Å²) in [6.07, 6.45) is 1.86. The molecule has 0 atom stereocenters. The van der Waals surface area contributed by atoms with Crippen molar-refractivity contribution < 1.29 is 4.79 Å². The van der Waals surface area contributed by atoms with Crippen molar-refractivity contribution in [1.82, 2.24) is 10.6 Å². The van der Waals surface area contributed by atoms with Crippen LogP contribution >= 0.6 is 11.6 Å². The second-order valence-electron chi connectivity index (χ2n) is 6.11. The van der Waals surface area contributed by atoms with Crippen molar-refractivity contribution in [3.8, 4) is 0 Å². The maximum atomic E-state index is 12.2. The van der Waals surface area contributed by atoms with Gasteiger partial charge < -0.3 is 10.6 Å². The third kappa shape index (κ3) is 3.74. The Morgan fingerprint density at radius 3 is 2.65 bits per heavy atom. The first-order valence-electron chi connectivity index (χ1n) is 7.24. The van der Waals surface area contributed by atoms with Crippen molar-refractivity contribution in [3.63, 3.8) is 0 Å². The molecule has 0 unspecified atom stereocenters. The van der Waals surface area contributed by atoms with E-state index in [0.717, 1.165) is 36.5 Å². The lowest BCUT2D eigenvalue weighted by molar-refractivity contribution is -0.125. The number of halogens is 1. The highest BCUT2D eigenvalue weighted by molar-refractivity contribution is 6.31. The van der Waals surface area contributed by atoms with Crippen molar-refractivity contribution in [1.29, 1.82) is 0 Å². The SMILES string of the molecule is CC(C)(CNC(=O)C1CCNCC1)c1ccccc1Cl. The Morgan fingerprint density at radius 2 is 2.00 bits per heavy atom. The van der Waals surface area contributed by atoms with E-state index < -0.39 is 0 Å². The molecule has 2 rings (SSSR count). The highest BCUT2D eigenvalue weighted by Gasteiger charge is 2.26. The van der Waals surface area contributed by atoms with Gasteiger partial charge in [0.15, 0.2) is 0 Å². The van der Waals surface area contributed by atoms with Gasteiger partial charge in [-0.25, -0.2) is 0 Å². The van der Waals surface area contributed by atoms with Crippen molar-refractivity contribution in [3.05, 3.63) is 34.9 Å². The van der Waals surface area contributed by atoms with Crippen LogP contribution < -0.4 is 10.6 Å². The summed E-state index contributed by atoms with van der Waals surface area (Å²) in [4.78, 5) is 12.2. The highest BCUT2D eigenvalue weighted by Crippen LogP contribution is 2.29. The normalized spacial score (nSPS) is 16.9. The number of hydrogen-bond donors (Lipinski definition) is 2. The Hall–Kier alpha value is -1.06.